The molecule has 0 aliphatic carbocycles. The van der Waals surface area contributed by atoms with Gasteiger partial charge in [0, 0.05) is 12.2 Å². The monoisotopic (exact) mass is 238 g/mol. The summed E-state index contributed by atoms with van der Waals surface area (Å²) in [6, 6.07) is 6.08. The quantitative estimate of drug-likeness (QED) is 0.705. The second-order valence-electron chi connectivity index (χ2n) is 3.98. The Balaban J connectivity index is 2.53. The molecule has 4 heteroatoms. The molecule has 88 valence electrons. The van der Waals surface area contributed by atoms with Crippen molar-refractivity contribution in [2.24, 2.45) is 0 Å². The van der Waals surface area contributed by atoms with Crippen LogP contribution in [0.1, 0.15) is 18.1 Å². The molecule has 0 aliphatic rings. The maximum Gasteiger partial charge on any atom is 0.170 e. The lowest BCUT2D eigenvalue weighted by atomic mass is 10.1. The summed E-state index contributed by atoms with van der Waals surface area (Å²) in [7, 11) is 0. The van der Waals surface area contributed by atoms with Crippen molar-refractivity contribution in [3.8, 4) is 0 Å². The molecule has 16 heavy (non-hydrogen) atoms. The highest BCUT2D eigenvalue weighted by Gasteiger charge is 2.00. The molecule has 0 saturated carbocycles. The fraction of sp³-hybridized carbons (Fsp3) is 0.417. The van der Waals surface area contributed by atoms with Gasteiger partial charge < -0.3 is 15.7 Å². The molecule has 1 rings (SSSR count). The molecule has 0 unspecified atom stereocenters. The fourth-order valence-corrected chi connectivity index (χ4v) is 1.44. The Hall–Kier alpha value is -1.13. The van der Waals surface area contributed by atoms with Gasteiger partial charge in [-0.2, -0.15) is 0 Å². The van der Waals surface area contributed by atoms with Crippen LogP contribution < -0.4 is 10.6 Å². The summed E-state index contributed by atoms with van der Waals surface area (Å²) in [6.45, 7) is 6.30. The van der Waals surface area contributed by atoms with Gasteiger partial charge in [0.1, 0.15) is 0 Å². The Bertz CT molecular complexity index is 377. The van der Waals surface area contributed by atoms with E-state index >= 15 is 0 Å². The van der Waals surface area contributed by atoms with E-state index in [9.17, 15) is 0 Å². The average molecular weight is 238 g/mol. The number of benzene rings is 1. The molecule has 1 aromatic carbocycles. The molecule has 3 N–H and O–H groups in total. The normalized spacial score (nSPS) is 12.0. The summed E-state index contributed by atoms with van der Waals surface area (Å²) < 4.78 is 0. The van der Waals surface area contributed by atoms with E-state index in [0.29, 0.717) is 11.7 Å². The minimum Gasteiger partial charge on any atom is -0.392 e. The second-order valence-corrected chi connectivity index (χ2v) is 4.39. The second kappa shape index (κ2) is 5.82. The van der Waals surface area contributed by atoms with E-state index in [2.05, 4.69) is 30.5 Å². The molecule has 3 nitrogen and oxygen atoms in total. The summed E-state index contributed by atoms with van der Waals surface area (Å²) in [5.74, 6) is 0. The van der Waals surface area contributed by atoms with Gasteiger partial charge >= 0.3 is 0 Å². The van der Waals surface area contributed by atoms with Crippen molar-refractivity contribution in [1.82, 2.24) is 5.32 Å². The number of aliphatic hydroxyl groups is 1. The lowest BCUT2D eigenvalue weighted by molar-refractivity contribution is 0.198. The van der Waals surface area contributed by atoms with Crippen molar-refractivity contribution >= 4 is 23.0 Å². The predicted molar refractivity (Wildman–Crippen MR) is 71.8 cm³/mol. The van der Waals surface area contributed by atoms with Crippen LogP contribution in [0.15, 0.2) is 18.2 Å². The first-order valence-electron chi connectivity index (χ1n) is 5.29. The van der Waals surface area contributed by atoms with Gasteiger partial charge in [0.2, 0.25) is 0 Å². The highest BCUT2D eigenvalue weighted by Crippen LogP contribution is 2.13. The van der Waals surface area contributed by atoms with E-state index in [-0.39, 0.29) is 0 Å². The number of hydrogen-bond acceptors (Lipinski definition) is 2. The molecule has 0 fully saturated rings. The first-order chi connectivity index (χ1) is 7.49. The smallest absolute Gasteiger partial charge is 0.170 e. The molecule has 0 aliphatic heterocycles. The van der Waals surface area contributed by atoms with E-state index < -0.39 is 6.10 Å². The summed E-state index contributed by atoms with van der Waals surface area (Å²) in [4.78, 5) is 0. The molecule has 0 radical (unpaired) electrons. The van der Waals surface area contributed by atoms with Gasteiger partial charge in [-0.25, -0.2) is 0 Å². The van der Waals surface area contributed by atoms with Gasteiger partial charge in [-0.05, 0) is 56.2 Å². The van der Waals surface area contributed by atoms with Gasteiger partial charge in [0.15, 0.2) is 5.11 Å². The number of anilines is 1. The van der Waals surface area contributed by atoms with Crippen molar-refractivity contribution in [2.45, 2.75) is 26.9 Å². The Morgan fingerprint density at radius 2 is 2.06 bits per heavy atom. The third-order valence-corrected chi connectivity index (χ3v) is 2.57. The summed E-state index contributed by atoms with van der Waals surface area (Å²) in [5, 5.41) is 15.6. The number of rotatable bonds is 3. The molecule has 1 atom stereocenters. The van der Waals surface area contributed by atoms with Crippen LogP contribution in [-0.4, -0.2) is 22.9 Å². The van der Waals surface area contributed by atoms with Gasteiger partial charge in [-0.3, -0.25) is 0 Å². The molecule has 0 saturated heterocycles. The topological polar surface area (TPSA) is 44.3 Å². The zero-order chi connectivity index (χ0) is 12.1. The average Bonchev–Trinajstić information content (AvgIpc) is 2.21. The Morgan fingerprint density at radius 3 is 2.62 bits per heavy atom. The van der Waals surface area contributed by atoms with Crippen LogP contribution in [0, 0.1) is 13.8 Å². The maximum absolute atomic E-state index is 9.10. The van der Waals surface area contributed by atoms with Crippen LogP contribution in [0.4, 0.5) is 5.69 Å². The molecule has 0 bridgehead atoms. The number of hydrogen-bond donors (Lipinski definition) is 3. The fourth-order valence-electron chi connectivity index (χ4n) is 1.23. The molecule has 0 aromatic heterocycles. The summed E-state index contributed by atoms with van der Waals surface area (Å²) in [5.41, 5.74) is 3.45. The molecule has 0 amide bonds. The van der Waals surface area contributed by atoms with Crippen molar-refractivity contribution in [3.05, 3.63) is 29.3 Å². The van der Waals surface area contributed by atoms with Crippen LogP contribution in [0.3, 0.4) is 0 Å². The van der Waals surface area contributed by atoms with E-state index in [1.54, 1.807) is 6.92 Å². The first-order valence-corrected chi connectivity index (χ1v) is 5.70. The minimum absolute atomic E-state index is 0.403. The number of thiocarbonyl (C=S) groups is 1. The van der Waals surface area contributed by atoms with Crippen molar-refractivity contribution in [3.63, 3.8) is 0 Å². The van der Waals surface area contributed by atoms with Crippen LogP contribution in [0.5, 0.6) is 0 Å². The Labute approximate surface area is 102 Å². The van der Waals surface area contributed by atoms with Gasteiger partial charge in [0.05, 0.1) is 6.10 Å². The van der Waals surface area contributed by atoms with Gasteiger partial charge in [0.25, 0.3) is 0 Å². The third-order valence-electron chi connectivity index (χ3n) is 2.32. The first kappa shape index (κ1) is 12.9. The zero-order valence-electron chi connectivity index (χ0n) is 9.87. The molecule has 1 aromatic rings. The van der Waals surface area contributed by atoms with E-state index in [1.165, 1.54) is 11.1 Å². The summed E-state index contributed by atoms with van der Waals surface area (Å²) >= 11 is 5.10. The van der Waals surface area contributed by atoms with Crippen molar-refractivity contribution in [2.75, 3.05) is 11.9 Å². The number of aliphatic hydroxyl groups excluding tert-OH is 1. The largest absolute Gasteiger partial charge is 0.392 e. The van der Waals surface area contributed by atoms with Crippen molar-refractivity contribution < 1.29 is 5.11 Å². The molecule has 0 spiro atoms. The van der Waals surface area contributed by atoms with Gasteiger partial charge in [-0.1, -0.05) is 6.07 Å². The van der Waals surface area contributed by atoms with Crippen LogP contribution >= 0.6 is 12.2 Å². The third kappa shape index (κ3) is 4.16. The van der Waals surface area contributed by atoms with E-state index in [0.717, 1.165) is 5.69 Å². The van der Waals surface area contributed by atoms with Crippen LogP contribution in [-0.2, 0) is 0 Å². The van der Waals surface area contributed by atoms with Crippen LogP contribution in [0.2, 0.25) is 0 Å². The SMILES string of the molecule is Cc1ccc(NC(=S)NC[C@H](C)O)cc1C. The van der Waals surface area contributed by atoms with E-state index in [4.69, 9.17) is 17.3 Å². The Morgan fingerprint density at radius 1 is 1.38 bits per heavy atom. The number of nitrogens with one attached hydrogen (secondary N) is 2. The molecular weight excluding hydrogens is 220 g/mol. The predicted octanol–water partition coefficient (Wildman–Crippen LogP) is 1.97. The minimum atomic E-state index is -0.403. The maximum atomic E-state index is 9.10. The molecule has 0 heterocycles. The van der Waals surface area contributed by atoms with Crippen molar-refractivity contribution in [1.29, 1.82) is 0 Å². The summed E-state index contributed by atoms with van der Waals surface area (Å²) in [6.07, 6.45) is -0.403. The highest BCUT2D eigenvalue weighted by atomic mass is 32.1. The lowest BCUT2D eigenvalue weighted by Crippen LogP contribution is -2.33. The van der Waals surface area contributed by atoms with Gasteiger partial charge in [-0.15, -0.1) is 0 Å². The number of aryl methyl sites for hydroxylation is 2. The van der Waals surface area contributed by atoms with E-state index in [1.807, 2.05) is 12.1 Å². The molecular formula is C12H18N2OS. The highest BCUT2D eigenvalue weighted by molar-refractivity contribution is 7.80. The van der Waals surface area contributed by atoms with Crippen LogP contribution in [0.25, 0.3) is 0 Å². The Kier molecular flexibility index (Phi) is 4.71. The zero-order valence-corrected chi connectivity index (χ0v) is 10.7. The lowest BCUT2D eigenvalue weighted by Gasteiger charge is -2.12. The standard InChI is InChI=1S/C12H18N2OS/c1-8-4-5-11(6-9(8)2)14-12(16)13-7-10(3)15/h4-6,10,15H,7H2,1-3H3,(H2,13,14,16)/t10-/m0/s1.